The fourth-order valence-corrected chi connectivity index (χ4v) is 3.20. The Morgan fingerprint density at radius 3 is 2.88 bits per heavy atom. The van der Waals surface area contributed by atoms with E-state index in [2.05, 4.69) is 15.4 Å². The molecule has 1 aromatic heterocycles. The second-order valence-corrected chi connectivity index (χ2v) is 6.40. The van der Waals surface area contributed by atoms with Gasteiger partial charge in [0.05, 0.1) is 12.6 Å². The van der Waals surface area contributed by atoms with Crippen LogP contribution in [-0.4, -0.2) is 50.1 Å². The second-order valence-electron chi connectivity index (χ2n) is 6.40. The first kappa shape index (κ1) is 14.9. The van der Waals surface area contributed by atoms with Gasteiger partial charge in [-0.15, -0.1) is 0 Å². The molecule has 2 amide bonds. The molecule has 1 aromatic carbocycles. The Labute approximate surface area is 139 Å². The molecule has 7 nitrogen and oxygen atoms in total. The van der Waals surface area contributed by atoms with Crippen molar-refractivity contribution in [1.29, 1.82) is 0 Å². The fraction of sp³-hybridized carbons (Fsp3) is 0.412. The maximum Gasteiger partial charge on any atom is 0.251 e. The number of benzene rings is 1. The van der Waals surface area contributed by atoms with Gasteiger partial charge in [-0.3, -0.25) is 9.59 Å². The van der Waals surface area contributed by atoms with Crippen molar-refractivity contribution >= 4 is 11.8 Å². The fourth-order valence-electron chi connectivity index (χ4n) is 3.20. The predicted octanol–water partition coefficient (Wildman–Crippen LogP) is 0.819. The molecule has 1 aliphatic heterocycles. The Morgan fingerprint density at radius 1 is 1.29 bits per heavy atom. The smallest absolute Gasteiger partial charge is 0.251 e. The van der Waals surface area contributed by atoms with Crippen molar-refractivity contribution < 1.29 is 9.59 Å². The summed E-state index contributed by atoms with van der Waals surface area (Å²) in [6.45, 7) is 1.11. The van der Waals surface area contributed by atoms with Crippen LogP contribution in [0.4, 0.5) is 0 Å². The number of carbonyl (C=O) groups excluding carboxylic acids is 2. The summed E-state index contributed by atoms with van der Waals surface area (Å²) in [7, 11) is 0. The third kappa shape index (κ3) is 3.02. The van der Waals surface area contributed by atoms with E-state index >= 15 is 0 Å². The van der Waals surface area contributed by atoms with Crippen molar-refractivity contribution in [3.8, 4) is 0 Å². The van der Waals surface area contributed by atoms with Crippen LogP contribution in [0.1, 0.15) is 35.2 Å². The van der Waals surface area contributed by atoms with Gasteiger partial charge in [0, 0.05) is 24.6 Å². The molecular formula is C17H19N5O2. The van der Waals surface area contributed by atoms with E-state index in [-0.39, 0.29) is 17.9 Å². The zero-order valence-corrected chi connectivity index (χ0v) is 13.3. The van der Waals surface area contributed by atoms with E-state index in [0.717, 1.165) is 18.4 Å². The molecule has 1 unspecified atom stereocenters. The Kier molecular flexibility index (Phi) is 3.76. The van der Waals surface area contributed by atoms with Crippen LogP contribution in [-0.2, 0) is 11.3 Å². The van der Waals surface area contributed by atoms with Crippen LogP contribution < -0.4 is 5.32 Å². The summed E-state index contributed by atoms with van der Waals surface area (Å²) in [6.07, 6.45) is 5.67. The number of rotatable bonds is 5. The molecule has 2 aliphatic rings. The summed E-state index contributed by atoms with van der Waals surface area (Å²) in [4.78, 5) is 30.5. The monoisotopic (exact) mass is 325 g/mol. The molecule has 24 heavy (non-hydrogen) atoms. The molecule has 1 saturated carbocycles. The standard InChI is InChI=1S/C17H19N5O2/c23-16-7-13(9-22(16)14-5-6-14)20-17(24)15-4-2-1-3-12(15)8-21-11-18-10-19-21/h1-4,10-11,13-14H,5-9H2,(H,20,24). The van der Waals surface area contributed by atoms with Gasteiger partial charge in [0.15, 0.2) is 0 Å². The average molecular weight is 325 g/mol. The first-order valence-electron chi connectivity index (χ1n) is 8.21. The number of hydrogen-bond donors (Lipinski definition) is 1. The minimum absolute atomic E-state index is 0.106. The van der Waals surface area contributed by atoms with Crippen molar-refractivity contribution in [2.75, 3.05) is 6.54 Å². The molecule has 1 saturated heterocycles. The van der Waals surface area contributed by atoms with E-state index in [1.165, 1.54) is 6.33 Å². The zero-order chi connectivity index (χ0) is 16.5. The van der Waals surface area contributed by atoms with Gasteiger partial charge in [-0.1, -0.05) is 18.2 Å². The van der Waals surface area contributed by atoms with E-state index in [4.69, 9.17) is 0 Å². The zero-order valence-electron chi connectivity index (χ0n) is 13.3. The molecule has 1 atom stereocenters. The summed E-state index contributed by atoms with van der Waals surface area (Å²) >= 11 is 0. The molecular weight excluding hydrogens is 306 g/mol. The highest BCUT2D eigenvalue weighted by atomic mass is 16.2. The Bertz CT molecular complexity index is 754. The summed E-state index contributed by atoms with van der Waals surface area (Å²) in [5.41, 5.74) is 1.49. The minimum atomic E-state index is -0.138. The van der Waals surface area contributed by atoms with Crippen molar-refractivity contribution in [1.82, 2.24) is 25.0 Å². The van der Waals surface area contributed by atoms with E-state index in [0.29, 0.717) is 31.1 Å². The maximum absolute atomic E-state index is 12.7. The quantitative estimate of drug-likeness (QED) is 0.882. The molecule has 2 heterocycles. The summed E-state index contributed by atoms with van der Waals surface area (Å²) in [5.74, 6) is 0.0138. The average Bonchev–Trinajstić information content (AvgIpc) is 3.17. The Morgan fingerprint density at radius 2 is 2.12 bits per heavy atom. The van der Waals surface area contributed by atoms with Gasteiger partial charge in [-0.25, -0.2) is 9.67 Å². The van der Waals surface area contributed by atoms with Crippen molar-refractivity contribution in [2.45, 2.75) is 37.9 Å². The van der Waals surface area contributed by atoms with E-state index in [1.54, 1.807) is 17.1 Å². The van der Waals surface area contributed by atoms with Crippen LogP contribution in [0.2, 0.25) is 0 Å². The van der Waals surface area contributed by atoms with Crippen LogP contribution in [0.15, 0.2) is 36.9 Å². The van der Waals surface area contributed by atoms with Crippen molar-refractivity contribution in [2.24, 2.45) is 0 Å². The van der Waals surface area contributed by atoms with Gasteiger partial charge in [0.1, 0.15) is 12.7 Å². The van der Waals surface area contributed by atoms with Crippen molar-refractivity contribution in [3.63, 3.8) is 0 Å². The van der Waals surface area contributed by atoms with Gasteiger partial charge in [-0.2, -0.15) is 5.10 Å². The molecule has 4 rings (SSSR count). The van der Waals surface area contributed by atoms with Gasteiger partial charge in [0.25, 0.3) is 5.91 Å². The molecule has 2 fully saturated rings. The lowest BCUT2D eigenvalue weighted by Crippen LogP contribution is -2.38. The predicted molar refractivity (Wildman–Crippen MR) is 86.2 cm³/mol. The van der Waals surface area contributed by atoms with E-state index in [9.17, 15) is 9.59 Å². The molecule has 0 radical (unpaired) electrons. The second kappa shape index (κ2) is 6.07. The Hall–Kier alpha value is -2.70. The van der Waals surface area contributed by atoms with Gasteiger partial charge < -0.3 is 10.2 Å². The maximum atomic E-state index is 12.7. The molecule has 0 spiro atoms. The molecule has 7 heteroatoms. The highest BCUT2D eigenvalue weighted by Gasteiger charge is 2.39. The summed E-state index contributed by atoms with van der Waals surface area (Å²) < 4.78 is 1.68. The number of hydrogen-bond acceptors (Lipinski definition) is 4. The first-order valence-corrected chi connectivity index (χ1v) is 8.21. The highest BCUT2D eigenvalue weighted by molar-refractivity contribution is 5.96. The van der Waals surface area contributed by atoms with Gasteiger partial charge in [0.2, 0.25) is 5.91 Å². The van der Waals surface area contributed by atoms with Gasteiger partial charge in [-0.05, 0) is 24.5 Å². The molecule has 1 N–H and O–H groups in total. The highest BCUT2D eigenvalue weighted by Crippen LogP contribution is 2.30. The van der Waals surface area contributed by atoms with Crippen LogP contribution in [0.5, 0.6) is 0 Å². The lowest BCUT2D eigenvalue weighted by atomic mass is 10.1. The van der Waals surface area contributed by atoms with Crippen molar-refractivity contribution in [3.05, 3.63) is 48.0 Å². The number of amides is 2. The lowest BCUT2D eigenvalue weighted by Gasteiger charge is -2.17. The molecule has 0 bridgehead atoms. The number of nitrogens with zero attached hydrogens (tertiary/aromatic N) is 4. The SMILES string of the molecule is O=C(NC1CC(=O)N(C2CC2)C1)c1ccccc1Cn1cncn1. The number of aromatic nitrogens is 3. The number of carbonyl (C=O) groups is 2. The third-order valence-electron chi connectivity index (χ3n) is 4.54. The topological polar surface area (TPSA) is 80.1 Å². The van der Waals surface area contributed by atoms with Crippen LogP contribution >= 0.6 is 0 Å². The normalized spacial score (nSPS) is 20.4. The molecule has 124 valence electrons. The van der Waals surface area contributed by atoms with E-state index in [1.807, 2.05) is 23.1 Å². The summed E-state index contributed by atoms with van der Waals surface area (Å²) in [5, 5.41) is 7.10. The minimum Gasteiger partial charge on any atom is -0.347 e. The van der Waals surface area contributed by atoms with Crippen LogP contribution in [0, 0.1) is 0 Å². The lowest BCUT2D eigenvalue weighted by molar-refractivity contribution is -0.128. The largest absolute Gasteiger partial charge is 0.347 e. The first-order chi connectivity index (χ1) is 11.7. The number of likely N-dealkylation sites (tertiary alicyclic amines) is 1. The molecule has 1 aliphatic carbocycles. The van der Waals surface area contributed by atoms with Gasteiger partial charge >= 0.3 is 0 Å². The number of nitrogens with one attached hydrogen (secondary N) is 1. The Balaban J connectivity index is 1.45. The third-order valence-corrected chi connectivity index (χ3v) is 4.54. The summed E-state index contributed by atoms with van der Waals surface area (Å²) in [6, 6.07) is 7.75. The van der Waals surface area contributed by atoms with Crippen LogP contribution in [0.25, 0.3) is 0 Å². The van der Waals surface area contributed by atoms with Crippen LogP contribution in [0.3, 0.4) is 0 Å². The molecule has 2 aromatic rings. The van der Waals surface area contributed by atoms with E-state index < -0.39 is 0 Å².